The van der Waals surface area contributed by atoms with E-state index in [0.717, 1.165) is 24.9 Å². The molecule has 1 atom stereocenters. The summed E-state index contributed by atoms with van der Waals surface area (Å²) in [6.45, 7) is 12.1. The zero-order valence-corrected chi connectivity index (χ0v) is 15.6. The minimum atomic E-state index is 0.349. The van der Waals surface area contributed by atoms with Gasteiger partial charge < -0.3 is 5.73 Å². The third kappa shape index (κ3) is 5.84. The van der Waals surface area contributed by atoms with Crippen LogP contribution in [0.2, 0.25) is 0 Å². The van der Waals surface area contributed by atoms with Gasteiger partial charge in [0.05, 0.1) is 6.04 Å². The Labute approximate surface area is 136 Å². The number of hydrogen-bond acceptors (Lipinski definition) is 3. The van der Waals surface area contributed by atoms with Crippen LogP contribution in [0.5, 0.6) is 0 Å². The third-order valence-electron chi connectivity index (χ3n) is 3.60. The predicted octanol–water partition coefficient (Wildman–Crippen LogP) is 4.90. The van der Waals surface area contributed by atoms with Gasteiger partial charge in [0.1, 0.15) is 0 Å². The fourth-order valence-corrected chi connectivity index (χ4v) is 4.02. The van der Waals surface area contributed by atoms with Gasteiger partial charge in [-0.1, -0.05) is 27.7 Å². The highest BCUT2D eigenvalue weighted by molar-refractivity contribution is 9.10. The minimum Gasteiger partial charge on any atom is -0.329 e. The summed E-state index contributed by atoms with van der Waals surface area (Å²) in [5.74, 6) is 1.48. The van der Waals surface area contributed by atoms with Crippen LogP contribution in [-0.2, 0) is 0 Å². The highest BCUT2D eigenvalue weighted by Crippen LogP contribution is 2.32. The Bertz CT molecular complexity index is 364. The number of nitrogens with zero attached hydrogens (tertiary/aromatic N) is 1. The van der Waals surface area contributed by atoms with Crippen LogP contribution < -0.4 is 5.73 Å². The highest BCUT2D eigenvalue weighted by atomic mass is 79.9. The van der Waals surface area contributed by atoms with E-state index in [4.69, 9.17) is 5.73 Å². The van der Waals surface area contributed by atoms with Crippen LogP contribution in [-0.4, -0.2) is 24.5 Å². The molecule has 1 unspecified atom stereocenters. The largest absolute Gasteiger partial charge is 0.329 e. The van der Waals surface area contributed by atoms with Crippen molar-refractivity contribution in [1.29, 1.82) is 0 Å². The number of halogens is 1. The lowest BCUT2D eigenvalue weighted by atomic mass is 10.1. The minimum absolute atomic E-state index is 0.349. The molecule has 0 saturated heterocycles. The lowest BCUT2D eigenvalue weighted by Gasteiger charge is -2.32. The second kappa shape index (κ2) is 9.19. The summed E-state index contributed by atoms with van der Waals surface area (Å²) in [5.41, 5.74) is 6.09. The molecule has 0 fully saturated rings. The van der Waals surface area contributed by atoms with Crippen LogP contribution in [0.3, 0.4) is 0 Å². The van der Waals surface area contributed by atoms with E-state index in [0.29, 0.717) is 12.6 Å². The summed E-state index contributed by atoms with van der Waals surface area (Å²) in [5, 5.41) is 2.14. The van der Waals surface area contributed by atoms with Gasteiger partial charge in [0.2, 0.25) is 0 Å². The maximum atomic E-state index is 6.09. The molecule has 1 aromatic heterocycles. The fourth-order valence-electron chi connectivity index (χ4n) is 2.24. The maximum absolute atomic E-state index is 6.09. The SMILES string of the molecule is CC(C)CCN(CCC(C)C)C(CN)c1sccc1Br. The van der Waals surface area contributed by atoms with Crippen LogP contribution in [0.1, 0.15) is 51.5 Å². The van der Waals surface area contributed by atoms with Gasteiger partial charge in [-0.25, -0.2) is 0 Å². The average Bonchev–Trinajstić information content (AvgIpc) is 2.78. The predicted molar refractivity (Wildman–Crippen MR) is 94.3 cm³/mol. The molecule has 116 valence electrons. The van der Waals surface area contributed by atoms with Crippen LogP contribution in [0.15, 0.2) is 15.9 Å². The van der Waals surface area contributed by atoms with Crippen LogP contribution in [0.4, 0.5) is 0 Å². The third-order valence-corrected chi connectivity index (χ3v) is 5.57. The lowest BCUT2D eigenvalue weighted by molar-refractivity contribution is 0.183. The topological polar surface area (TPSA) is 29.3 Å². The zero-order valence-electron chi connectivity index (χ0n) is 13.2. The molecule has 20 heavy (non-hydrogen) atoms. The second-order valence-electron chi connectivity index (χ2n) is 6.29. The molecule has 1 heterocycles. The standard InChI is InChI=1S/C16H29BrN2S/c1-12(2)5-8-19(9-6-13(3)4)15(11-18)16-14(17)7-10-20-16/h7,10,12-13,15H,5-6,8-9,11,18H2,1-4H3. The highest BCUT2D eigenvalue weighted by Gasteiger charge is 2.22. The van der Waals surface area contributed by atoms with E-state index < -0.39 is 0 Å². The van der Waals surface area contributed by atoms with Gasteiger partial charge in [0.25, 0.3) is 0 Å². The number of thiophene rings is 1. The molecule has 4 heteroatoms. The van der Waals surface area contributed by atoms with Gasteiger partial charge >= 0.3 is 0 Å². The van der Waals surface area contributed by atoms with Crippen molar-refractivity contribution in [2.45, 2.75) is 46.6 Å². The van der Waals surface area contributed by atoms with E-state index in [-0.39, 0.29) is 0 Å². The average molecular weight is 361 g/mol. The summed E-state index contributed by atoms with van der Waals surface area (Å²) >= 11 is 5.47. The van der Waals surface area contributed by atoms with Gasteiger partial charge in [-0.15, -0.1) is 11.3 Å². The first kappa shape index (κ1) is 18.1. The molecular weight excluding hydrogens is 332 g/mol. The zero-order chi connectivity index (χ0) is 15.1. The normalized spacial score (nSPS) is 13.7. The molecular formula is C16H29BrN2S. The first-order chi connectivity index (χ1) is 9.45. The Kier molecular flexibility index (Phi) is 8.34. The number of rotatable bonds is 9. The van der Waals surface area contributed by atoms with Crippen LogP contribution >= 0.6 is 27.3 Å². The number of hydrogen-bond donors (Lipinski definition) is 1. The molecule has 2 N–H and O–H groups in total. The summed E-state index contributed by atoms with van der Waals surface area (Å²) in [6, 6.07) is 2.48. The monoisotopic (exact) mass is 360 g/mol. The molecule has 0 aliphatic heterocycles. The molecule has 1 rings (SSSR count). The molecule has 0 aliphatic rings. The van der Waals surface area contributed by atoms with Crippen molar-refractivity contribution in [3.05, 3.63) is 20.8 Å². The molecule has 0 bridgehead atoms. The molecule has 1 aromatic rings. The molecule has 0 aromatic carbocycles. The number of nitrogens with two attached hydrogens (primary N) is 1. The first-order valence-corrected chi connectivity index (χ1v) is 9.30. The van der Waals surface area contributed by atoms with Gasteiger partial charge in [-0.3, -0.25) is 4.90 Å². The fraction of sp³-hybridized carbons (Fsp3) is 0.750. The molecule has 0 radical (unpaired) electrons. The molecule has 0 spiro atoms. The van der Waals surface area contributed by atoms with Crippen LogP contribution in [0.25, 0.3) is 0 Å². The van der Waals surface area contributed by atoms with Crippen molar-refractivity contribution in [2.24, 2.45) is 17.6 Å². The van der Waals surface area contributed by atoms with E-state index >= 15 is 0 Å². The Balaban J connectivity index is 2.79. The Hall–Kier alpha value is 0.100. The summed E-state index contributed by atoms with van der Waals surface area (Å²) < 4.78 is 1.21. The van der Waals surface area contributed by atoms with E-state index in [9.17, 15) is 0 Å². The van der Waals surface area contributed by atoms with Crippen LogP contribution in [0, 0.1) is 11.8 Å². The lowest BCUT2D eigenvalue weighted by Crippen LogP contribution is -2.36. The Morgan fingerprint density at radius 2 is 1.70 bits per heavy atom. The van der Waals surface area contributed by atoms with Crippen molar-refractivity contribution >= 4 is 27.3 Å². The van der Waals surface area contributed by atoms with Gasteiger partial charge in [0.15, 0.2) is 0 Å². The molecule has 0 aliphatic carbocycles. The molecule has 0 amide bonds. The summed E-state index contributed by atoms with van der Waals surface area (Å²) in [6.07, 6.45) is 2.47. The quantitative estimate of drug-likeness (QED) is 0.677. The van der Waals surface area contributed by atoms with Crippen molar-refractivity contribution in [3.8, 4) is 0 Å². The summed E-state index contributed by atoms with van der Waals surface area (Å²) in [4.78, 5) is 3.95. The second-order valence-corrected chi connectivity index (χ2v) is 8.09. The van der Waals surface area contributed by atoms with Crippen molar-refractivity contribution < 1.29 is 0 Å². The van der Waals surface area contributed by atoms with E-state index in [2.05, 4.69) is 60.0 Å². The summed E-state index contributed by atoms with van der Waals surface area (Å²) in [7, 11) is 0. The van der Waals surface area contributed by atoms with Crippen molar-refractivity contribution in [3.63, 3.8) is 0 Å². The first-order valence-electron chi connectivity index (χ1n) is 7.62. The molecule has 2 nitrogen and oxygen atoms in total. The maximum Gasteiger partial charge on any atom is 0.0575 e. The smallest absolute Gasteiger partial charge is 0.0575 e. The van der Waals surface area contributed by atoms with Crippen molar-refractivity contribution in [1.82, 2.24) is 4.90 Å². The van der Waals surface area contributed by atoms with E-state index in [1.165, 1.54) is 22.2 Å². The van der Waals surface area contributed by atoms with E-state index in [1.807, 2.05) is 11.3 Å². The van der Waals surface area contributed by atoms with Crippen molar-refractivity contribution in [2.75, 3.05) is 19.6 Å². The van der Waals surface area contributed by atoms with Gasteiger partial charge in [-0.2, -0.15) is 0 Å². The Morgan fingerprint density at radius 1 is 1.15 bits per heavy atom. The Morgan fingerprint density at radius 3 is 2.05 bits per heavy atom. The van der Waals surface area contributed by atoms with E-state index in [1.54, 1.807) is 0 Å². The molecule has 0 saturated carbocycles. The van der Waals surface area contributed by atoms with Gasteiger partial charge in [-0.05, 0) is 65.1 Å². The van der Waals surface area contributed by atoms with Gasteiger partial charge in [0, 0.05) is 15.9 Å².